The zero-order valence-corrected chi connectivity index (χ0v) is 10.7. The summed E-state index contributed by atoms with van der Waals surface area (Å²) in [5.74, 6) is -0.100. The van der Waals surface area contributed by atoms with Gasteiger partial charge in [-0.1, -0.05) is 11.8 Å². The van der Waals surface area contributed by atoms with Gasteiger partial charge in [0.05, 0.1) is 17.1 Å². The fourth-order valence-electron chi connectivity index (χ4n) is 1.20. The molecule has 2 aromatic heterocycles. The Morgan fingerprint density at radius 1 is 1.33 bits per heavy atom. The molecular weight excluding hydrogens is 254 g/mol. The number of nitrogens with zero attached hydrogens (tertiary/aromatic N) is 3. The van der Waals surface area contributed by atoms with E-state index in [0.29, 0.717) is 16.7 Å². The summed E-state index contributed by atoms with van der Waals surface area (Å²) >= 11 is 1.35. The number of carboxylic acids is 1. The van der Waals surface area contributed by atoms with Crippen molar-refractivity contribution in [1.82, 2.24) is 15.2 Å². The molecule has 0 fully saturated rings. The van der Waals surface area contributed by atoms with Gasteiger partial charge >= 0.3 is 5.97 Å². The van der Waals surface area contributed by atoms with Gasteiger partial charge in [-0.05, 0) is 26.0 Å². The van der Waals surface area contributed by atoms with Crippen LogP contribution in [0.5, 0.6) is 0 Å². The summed E-state index contributed by atoms with van der Waals surface area (Å²) in [6, 6.07) is 3.06. The van der Waals surface area contributed by atoms with Gasteiger partial charge in [-0.25, -0.2) is 9.78 Å². The fourth-order valence-corrected chi connectivity index (χ4v) is 1.93. The average Bonchev–Trinajstić information content (AvgIpc) is 2.79. The van der Waals surface area contributed by atoms with Gasteiger partial charge in [0.1, 0.15) is 5.76 Å². The second-order valence-electron chi connectivity index (χ2n) is 3.62. The number of rotatable bonds is 4. The van der Waals surface area contributed by atoms with E-state index in [1.807, 2.05) is 13.8 Å². The van der Waals surface area contributed by atoms with Gasteiger partial charge in [0.25, 0.3) is 0 Å². The van der Waals surface area contributed by atoms with Gasteiger partial charge in [-0.3, -0.25) is 0 Å². The molecule has 0 bridgehead atoms. The topological polar surface area (TPSA) is 89.1 Å². The van der Waals surface area contributed by atoms with E-state index in [9.17, 15) is 4.79 Å². The van der Waals surface area contributed by atoms with Crippen LogP contribution in [0.1, 0.15) is 27.7 Å². The van der Waals surface area contributed by atoms with Crippen molar-refractivity contribution in [3.05, 3.63) is 35.0 Å². The molecule has 0 aliphatic rings. The van der Waals surface area contributed by atoms with Crippen LogP contribution in [0.15, 0.2) is 21.7 Å². The van der Waals surface area contributed by atoms with Crippen LogP contribution in [0.3, 0.4) is 0 Å². The van der Waals surface area contributed by atoms with Gasteiger partial charge in [0.2, 0.25) is 10.9 Å². The molecule has 2 heterocycles. The van der Waals surface area contributed by atoms with Gasteiger partial charge < -0.3 is 9.52 Å². The van der Waals surface area contributed by atoms with E-state index in [2.05, 4.69) is 15.2 Å². The van der Waals surface area contributed by atoms with Crippen molar-refractivity contribution >= 4 is 17.7 Å². The summed E-state index contributed by atoms with van der Waals surface area (Å²) in [6.07, 6.45) is 0. The molecule has 7 heteroatoms. The van der Waals surface area contributed by atoms with Crippen molar-refractivity contribution in [2.45, 2.75) is 24.8 Å². The molecule has 18 heavy (non-hydrogen) atoms. The second-order valence-corrected chi connectivity index (χ2v) is 4.57. The van der Waals surface area contributed by atoms with Crippen molar-refractivity contribution in [2.75, 3.05) is 0 Å². The second kappa shape index (κ2) is 5.18. The Kier molecular flexibility index (Phi) is 3.61. The van der Waals surface area contributed by atoms with Crippen molar-refractivity contribution < 1.29 is 14.3 Å². The van der Waals surface area contributed by atoms with E-state index >= 15 is 0 Å². The maximum Gasteiger partial charge on any atom is 0.371 e. The van der Waals surface area contributed by atoms with Crippen molar-refractivity contribution in [1.29, 1.82) is 0 Å². The van der Waals surface area contributed by atoms with Crippen LogP contribution in [0.2, 0.25) is 0 Å². The number of carbonyl (C=O) groups is 1. The first kappa shape index (κ1) is 12.6. The Labute approximate surface area is 107 Å². The molecule has 0 atom stereocenters. The molecule has 0 spiro atoms. The van der Waals surface area contributed by atoms with Gasteiger partial charge in [-0.15, -0.1) is 5.10 Å². The quantitative estimate of drug-likeness (QED) is 0.846. The van der Waals surface area contributed by atoms with Crippen LogP contribution in [0, 0.1) is 13.8 Å². The van der Waals surface area contributed by atoms with E-state index in [-0.39, 0.29) is 5.76 Å². The molecule has 2 rings (SSSR count). The minimum Gasteiger partial charge on any atom is -0.475 e. The predicted molar refractivity (Wildman–Crippen MR) is 64.5 cm³/mol. The monoisotopic (exact) mass is 265 g/mol. The van der Waals surface area contributed by atoms with E-state index < -0.39 is 5.97 Å². The Balaban J connectivity index is 2.02. The molecule has 0 saturated heterocycles. The highest BCUT2D eigenvalue weighted by molar-refractivity contribution is 7.98. The first-order valence-electron chi connectivity index (χ1n) is 5.19. The van der Waals surface area contributed by atoms with Crippen LogP contribution >= 0.6 is 11.8 Å². The first-order valence-corrected chi connectivity index (χ1v) is 6.17. The molecule has 0 aliphatic heterocycles. The highest BCUT2D eigenvalue weighted by Gasteiger charge is 2.10. The van der Waals surface area contributed by atoms with Crippen LogP contribution in [0.25, 0.3) is 0 Å². The average molecular weight is 265 g/mol. The molecule has 0 saturated carbocycles. The minimum atomic E-state index is -1.07. The van der Waals surface area contributed by atoms with Crippen LogP contribution in [-0.2, 0) is 5.75 Å². The summed E-state index contributed by atoms with van der Waals surface area (Å²) < 4.78 is 5.12. The summed E-state index contributed by atoms with van der Waals surface area (Å²) in [4.78, 5) is 14.9. The third-order valence-electron chi connectivity index (χ3n) is 2.29. The number of aromatic carboxylic acids is 1. The maximum atomic E-state index is 10.6. The van der Waals surface area contributed by atoms with Gasteiger partial charge in [0.15, 0.2) is 0 Å². The SMILES string of the molecule is Cc1nnc(SCc2ccc(C(=O)O)o2)nc1C. The Morgan fingerprint density at radius 3 is 2.72 bits per heavy atom. The zero-order valence-electron chi connectivity index (χ0n) is 9.88. The Hall–Kier alpha value is -1.89. The van der Waals surface area contributed by atoms with Crippen molar-refractivity contribution in [3.8, 4) is 0 Å². The molecule has 0 unspecified atom stereocenters. The normalized spacial score (nSPS) is 10.6. The Morgan fingerprint density at radius 2 is 2.11 bits per heavy atom. The molecule has 0 aliphatic carbocycles. The van der Waals surface area contributed by atoms with Gasteiger partial charge in [-0.2, -0.15) is 5.10 Å². The fraction of sp³-hybridized carbons (Fsp3) is 0.273. The number of aryl methyl sites for hydroxylation is 2. The number of carboxylic acid groups (broad SMARTS) is 1. The zero-order chi connectivity index (χ0) is 13.1. The predicted octanol–water partition coefficient (Wildman–Crippen LogP) is 2.07. The smallest absolute Gasteiger partial charge is 0.371 e. The van der Waals surface area contributed by atoms with Crippen molar-refractivity contribution in [3.63, 3.8) is 0 Å². The highest BCUT2D eigenvalue weighted by Crippen LogP contribution is 2.20. The van der Waals surface area contributed by atoms with Crippen molar-refractivity contribution in [2.24, 2.45) is 0 Å². The third-order valence-corrected chi connectivity index (χ3v) is 3.15. The van der Waals surface area contributed by atoms with E-state index in [4.69, 9.17) is 9.52 Å². The summed E-state index contributed by atoms with van der Waals surface area (Å²) in [5.41, 5.74) is 1.63. The third kappa shape index (κ3) is 2.86. The van der Waals surface area contributed by atoms with Crippen LogP contribution < -0.4 is 0 Å². The first-order chi connectivity index (χ1) is 8.56. The van der Waals surface area contributed by atoms with Crippen LogP contribution in [0.4, 0.5) is 0 Å². The molecule has 1 N–H and O–H groups in total. The molecule has 2 aromatic rings. The molecule has 0 amide bonds. The lowest BCUT2D eigenvalue weighted by Crippen LogP contribution is -1.97. The molecule has 94 valence electrons. The van der Waals surface area contributed by atoms with Crippen LogP contribution in [-0.4, -0.2) is 26.3 Å². The highest BCUT2D eigenvalue weighted by atomic mass is 32.2. The molecule has 0 aromatic carbocycles. The van der Waals surface area contributed by atoms with Gasteiger partial charge in [0, 0.05) is 0 Å². The van der Waals surface area contributed by atoms with E-state index in [1.165, 1.54) is 17.8 Å². The number of hydrogen-bond donors (Lipinski definition) is 1. The van der Waals surface area contributed by atoms with E-state index in [0.717, 1.165) is 11.4 Å². The molecular formula is C11H11N3O3S. The number of hydrogen-bond acceptors (Lipinski definition) is 6. The Bertz CT molecular complexity index is 583. The summed E-state index contributed by atoms with van der Waals surface area (Å²) in [5, 5.41) is 17.2. The summed E-state index contributed by atoms with van der Waals surface area (Å²) in [7, 11) is 0. The number of furan rings is 1. The molecule has 0 radical (unpaired) electrons. The minimum absolute atomic E-state index is 0.0651. The lowest BCUT2D eigenvalue weighted by molar-refractivity contribution is 0.0661. The standard InChI is InChI=1S/C11H11N3O3S/c1-6-7(2)13-14-11(12-6)18-5-8-3-4-9(17-8)10(15)16/h3-4H,5H2,1-2H3,(H,15,16). The molecule has 6 nitrogen and oxygen atoms in total. The lowest BCUT2D eigenvalue weighted by atomic mass is 10.4. The number of thioether (sulfide) groups is 1. The summed E-state index contributed by atoms with van der Waals surface area (Å²) in [6.45, 7) is 3.71. The lowest BCUT2D eigenvalue weighted by Gasteiger charge is -2.00. The largest absolute Gasteiger partial charge is 0.475 e. The van der Waals surface area contributed by atoms with E-state index in [1.54, 1.807) is 6.07 Å². The maximum absolute atomic E-state index is 10.6. The number of aromatic nitrogens is 3.